The lowest BCUT2D eigenvalue weighted by Crippen LogP contribution is -2.10. The van der Waals surface area contributed by atoms with Gasteiger partial charge in [0.2, 0.25) is 0 Å². The van der Waals surface area contributed by atoms with Crippen LogP contribution in [-0.4, -0.2) is 10.9 Å². The molecule has 0 spiro atoms. The molecule has 0 bridgehead atoms. The van der Waals surface area contributed by atoms with E-state index in [9.17, 15) is 0 Å². The topological polar surface area (TPSA) is 12.9 Å². The van der Waals surface area contributed by atoms with E-state index in [-0.39, 0.29) is 0 Å². The lowest BCUT2D eigenvalue weighted by molar-refractivity contribution is 0.581. The summed E-state index contributed by atoms with van der Waals surface area (Å²) in [5, 5.41) is 2.00. The van der Waals surface area contributed by atoms with Crippen molar-refractivity contribution in [2.24, 2.45) is 5.92 Å². The molecule has 1 aromatic heterocycles. The van der Waals surface area contributed by atoms with Crippen LogP contribution in [0.4, 0.5) is 0 Å². The first kappa shape index (κ1) is 14.8. The molecule has 0 N–H and O–H groups in total. The fourth-order valence-corrected chi connectivity index (χ4v) is 3.51. The molecule has 1 unspecified atom stereocenters. The van der Waals surface area contributed by atoms with Gasteiger partial charge in [0, 0.05) is 22.2 Å². The maximum absolute atomic E-state index is 6.20. The fraction of sp³-hybridized carbons (Fsp3) is 0.400. The van der Waals surface area contributed by atoms with E-state index in [2.05, 4.69) is 24.9 Å². The van der Waals surface area contributed by atoms with Crippen LogP contribution < -0.4 is 0 Å². The van der Waals surface area contributed by atoms with Crippen LogP contribution in [0.5, 0.6) is 0 Å². The summed E-state index contributed by atoms with van der Waals surface area (Å²) < 4.78 is 0. The van der Waals surface area contributed by atoms with Crippen molar-refractivity contribution in [2.45, 2.75) is 26.7 Å². The Balaban J connectivity index is 2.07. The van der Waals surface area contributed by atoms with Gasteiger partial charge >= 0.3 is 0 Å². The minimum atomic E-state index is 0.381. The Morgan fingerprint density at radius 3 is 2.53 bits per heavy atom. The fourth-order valence-electron chi connectivity index (χ4n) is 2.03. The second kappa shape index (κ2) is 6.74. The number of halogens is 2. The monoisotopic (exact) mass is 313 g/mol. The van der Waals surface area contributed by atoms with E-state index >= 15 is 0 Å². The zero-order chi connectivity index (χ0) is 13.8. The van der Waals surface area contributed by atoms with Gasteiger partial charge in [-0.25, -0.2) is 4.98 Å². The Bertz CT molecular complexity index is 531. The molecule has 2 rings (SSSR count). The smallest absolute Gasteiger partial charge is 0.0934 e. The molecule has 0 aliphatic carbocycles. The molecule has 1 aromatic carbocycles. The van der Waals surface area contributed by atoms with Crippen molar-refractivity contribution in [1.82, 2.24) is 4.98 Å². The Hall–Kier alpha value is -0.570. The molecule has 19 heavy (non-hydrogen) atoms. The zero-order valence-corrected chi connectivity index (χ0v) is 13.4. The number of hydrogen-bond acceptors (Lipinski definition) is 2. The van der Waals surface area contributed by atoms with E-state index in [1.165, 1.54) is 15.4 Å². The minimum Gasteiger partial charge on any atom is -0.246 e. The van der Waals surface area contributed by atoms with Gasteiger partial charge in [0.15, 0.2) is 0 Å². The molecule has 0 amide bonds. The quantitative estimate of drug-likeness (QED) is 0.703. The third-order valence-electron chi connectivity index (χ3n) is 3.22. The number of thiazole rings is 1. The highest BCUT2D eigenvalue weighted by molar-refractivity contribution is 7.11. The minimum absolute atomic E-state index is 0.381. The summed E-state index contributed by atoms with van der Waals surface area (Å²) in [5.74, 6) is 1.01. The van der Waals surface area contributed by atoms with Crippen molar-refractivity contribution in [2.75, 3.05) is 5.88 Å². The van der Waals surface area contributed by atoms with Crippen LogP contribution in [0, 0.1) is 19.8 Å². The lowest BCUT2D eigenvalue weighted by atomic mass is 9.98. The summed E-state index contributed by atoms with van der Waals surface area (Å²) in [6, 6.07) is 7.97. The molecule has 0 aliphatic rings. The Morgan fingerprint density at radius 1 is 1.21 bits per heavy atom. The van der Waals surface area contributed by atoms with Gasteiger partial charge in [-0.15, -0.1) is 22.9 Å². The van der Waals surface area contributed by atoms with Crippen molar-refractivity contribution >= 4 is 34.5 Å². The summed E-state index contributed by atoms with van der Waals surface area (Å²) in [7, 11) is 0. The maximum atomic E-state index is 6.20. The summed E-state index contributed by atoms with van der Waals surface area (Å²) in [6.45, 7) is 4.17. The number of alkyl halides is 1. The van der Waals surface area contributed by atoms with Crippen LogP contribution in [0.15, 0.2) is 24.3 Å². The summed E-state index contributed by atoms with van der Waals surface area (Å²) in [5.41, 5.74) is 2.30. The number of nitrogens with zero attached hydrogens (tertiary/aromatic N) is 1. The van der Waals surface area contributed by atoms with Crippen molar-refractivity contribution in [3.63, 3.8) is 0 Å². The van der Waals surface area contributed by atoms with E-state index in [0.717, 1.165) is 23.6 Å². The summed E-state index contributed by atoms with van der Waals surface area (Å²) >= 11 is 14.1. The molecule has 1 nitrogen and oxygen atoms in total. The van der Waals surface area contributed by atoms with Crippen molar-refractivity contribution in [1.29, 1.82) is 0 Å². The number of aryl methyl sites for hydroxylation is 2. The molecular weight excluding hydrogens is 297 g/mol. The first-order chi connectivity index (χ1) is 9.10. The van der Waals surface area contributed by atoms with Gasteiger partial charge in [0.25, 0.3) is 0 Å². The second-order valence-electron chi connectivity index (χ2n) is 4.77. The van der Waals surface area contributed by atoms with E-state index in [1.54, 1.807) is 11.3 Å². The maximum Gasteiger partial charge on any atom is 0.0934 e. The molecule has 0 aliphatic heterocycles. The Labute approximate surface area is 128 Å². The van der Waals surface area contributed by atoms with E-state index in [0.29, 0.717) is 11.8 Å². The van der Waals surface area contributed by atoms with Gasteiger partial charge in [-0.2, -0.15) is 0 Å². The molecule has 1 heterocycles. The second-order valence-corrected chi connectivity index (χ2v) is 6.77. The van der Waals surface area contributed by atoms with Gasteiger partial charge in [0.1, 0.15) is 0 Å². The highest BCUT2D eigenvalue weighted by Crippen LogP contribution is 2.24. The first-order valence-electron chi connectivity index (χ1n) is 6.32. The molecule has 0 saturated heterocycles. The van der Waals surface area contributed by atoms with Gasteiger partial charge in [0.05, 0.1) is 10.7 Å². The van der Waals surface area contributed by atoms with Gasteiger partial charge < -0.3 is 0 Å². The summed E-state index contributed by atoms with van der Waals surface area (Å²) in [6.07, 6.45) is 1.83. The van der Waals surface area contributed by atoms with Crippen molar-refractivity contribution in [3.05, 3.63) is 50.4 Å². The molecular formula is C15H17Cl2NS. The number of benzene rings is 1. The SMILES string of the molecule is Cc1nc(CC(CCl)Cc2ccccc2Cl)sc1C. The highest BCUT2D eigenvalue weighted by atomic mass is 35.5. The van der Waals surface area contributed by atoms with Crippen molar-refractivity contribution in [3.8, 4) is 0 Å². The third kappa shape index (κ3) is 3.95. The van der Waals surface area contributed by atoms with Crippen molar-refractivity contribution < 1.29 is 0 Å². The van der Waals surface area contributed by atoms with E-state index in [4.69, 9.17) is 23.2 Å². The number of aromatic nitrogens is 1. The molecule has 102 valence electrons. The van der Waals surface area contributed by atoms with Crippen LogP contribution in [-0.2, 0) is 12.8 Å². The molecule has 4 heteroatoms. The Kier molecular flexibility index (Phi) is 5.26. The largest absolute Gasteiger partial charge is 0.246 e. The highest BCUT2D eigenvalue weighted by Gasteiger charge is 2.14. The predicted octanol–water partition coefficient (Wildman–Crippen LogP) is 5.05. The van der Waals surface area contributed by atoms with Crippen LogP contribution in [0.3, 0.4) is 0 Å². The number of rotatable bonds is 5. The average molecular weight is 314 g/mol. The van der Waals surface area contributed by atoms with E-state index in [1.807, 2.05) is 18.2 Å². The van der Waals surface area contributed by atoms with Gasteiger partial charge in [-0.1, -0.05) is 29.8 Å². The lowest BCUT2D eigenvalue weighted by Gasteiger charge is -2.13. The molecule has 0 fully saturated rings. The average Bonchev–Trinajstić information content (AvgIpc) is 2.70. The predicted molar refractivity (Wildman–Crippen MR) is 84.7 cm³/mol. The molecule has 0 saturated carbocycles. The zero-order valence-electron chi connectivity index (χ0n) is 11.1. The standard InChI is InChI=1S/C15H17Cl2NS/c1-10-11(2)19-15(18-10)8-12(9-16)7-13-5-3-4-6-14(13)17/h3-6,12H,7-9H2,1-2H3. The molecule has 2 aromatic rings. The third-order valence-corrected chi connectivity index (χ3v) is 5.12. The van der Waals surface area contributed by atoms with Crippen LogP contribution in [0.25, 0.3) is 0 Å². The van der Waals surface area contributed by atoms with Crippen LogP contribution in [0.1, 0.15) is 21.1 Å². The van der Waals surface area contributed by atoms with Crippen LogP contribution >= 0.6 is 34.5 Å². The van der Waals surface area contributed by atoms with E-state index < -0.39 is 0 Å². The molecule has 1 atom stereocenters. The number of hydrogen-bond donors (Lipinski definition) is 0. The Morgan fingerprint density at radius 2 is 1.95 bits per heavy atom. The normalized spacial score (nSPS) is 12.6. The van der Waals surface area contributed by atoms with Crippen LogP contribution in [0.2, 0.25) is 5.02 Å². The molecule has 0 radical (unpaired) electrons. The first-order valence-corrected chi connectivity index (χ1v) is 8.05. The van der Waals surface area contributed by atoms with Gasteiger partial charge in [-0.05, 0) is 37.8 Å². The van der Waals surface area contributed by atoms with Gasteiger partial charge in [-0.3, -0.25) is 0 Å². The summed E-state index contributed by atoms with van der Waals surface area (Å²) in [4.78, 5) is 5.88.